The Morgan fingerprint density at radius 1 is 1.38 bits per heavy atom. The van der Waals surface area contributed by atoms with Crippen LogP contribution in [0.5, 0.6) is 0 Å². The summed E-state index contributed by atoms with van der Waals surface area (Å²) >= 11 is 0. The van der Waals surface area contributed by atoms with E-state index in [-0.39, 0.29) is 0 Å². The lowest BCUT2D eigenvalue weighted by Crippen LogP contribution is -2.38. The highest BCUT2D eigenvalue weighted by atomic mass is 16.3. The first-order chi connectivity index (χ1) is 7.79. The highest BCUT2D eigenvalue weighted by Gasteiger charge is 2.30. The quantitative estimate of drug-likeness (QED) is 0.712. The summed E-state index contributed by atoms with van der Waals surface area (Å²) in [5.41, 5.74) is -0.425. The summed E-state index contributed by atoms with van der Waals surface area (Å²) in [5.74, 6) is 0. The van der Waals surface area contributed by atoms with E-state index in [0.717, 1.165) is 38.9 Å². The van der Waals surface area contributed by atoms with Crippen molar-refractivity contribution in [2.24, 2.45) is 0 Å². The van der Waals surface area contributed by atoms with Gasteiger partial charge in [0.25, 0.3) is 0 Å². The molecule has 0 bridgehead atoms. The Morgan fingerprint density at radius 2 is 2.19 bits per heavy atom. The van der Waals surface area contributed by atoms with Crippen LogP contribution in [0, 0.1) is 0 Å². The van der Waals surface area contributed by atoms with Gasteiger partial charge in [0.1, 0.15) is 0 Å². The van der Waals surface area contributed by atoms with Gasteiger partial charge in [-0.3, -0.25) is 4.68 Å². The number of aryl methyl sites for hydroxylation is 1. The van der Waals surface area contributed by atoms with E-state index in [1.54, 1.807) is 6.20 Å². The van der Waals surface area contributed by atoms with Crippen LogP contribution in [0.25, 0.3) is 0 Å². The van der Waals surface area contributed by atoms with Crippen LogP contribution < -0.4 is 5.32 Å². The summed E-state index contributed by atoms with van der Waals surface area (Å²) in [6, 6.07) is 1.94. The summed E-state index contributed by atoms with van der Waals surface area (Å²) in [5, 5.41) is 17.6. The van der Waals surface area contributed by atoms with Gasteiger partial charge >= 0.3 is 0 Å². The lowest BCUT2D eigenvalue weighted by Gasteiger charge is -2.22. The van der Waals surface area contributed by atoms with E-state index in [9.17, 15) is 5.11 Å². The summed E-state index contributed by atoms with van der Waals surface area (Å²) in [7, 11) is 0. The molecule has 1 fully saturated rings. The molecule has 4 heteroatoms. The molecule has 0 aliphatic heterocycles. The molecule has 1 saturated carbocycles. The number of nitrogens with one attached hydrogen (secondary N) is 1. The van der Waals surface area contributed by atoms with Gasteiger partial charge in [0.15, 0.2) is 0 Å². The first kappa shape index (κ1) is 11.6. The van der Waals surface area contributed by atoms with Crippen LogP contribution in [0.15, 0.2) is 18.5 Å². The Morgan fingerprint density at radius 3 is 2.88 bits per heavy atom. The molecule has 0 spiro atoms. The van der Waals surface area contributed by atoms with E-state index in [4.69, 9.17) is 0 Å². The number of rotatable bonds is 6. The second-order valence-electron chi connectivity index (χ2n) is 4.73. The first-order valence-corrected chi connectivity index (χ1v) is 6.19. The highest BCUT2D eigenvalue weighted by Crippen LogP contribution is 2.28. The second-order valence-corrected chi connectivity index (χ2v) is 4.73. The summed E-state index contributed by atoms with van der Waals surface area (Å²) < 4.78 is 1.94. The Bertz CT molecular complexity index is 291. The van der Waals surface area contributed by atoms with Crippen molar-refractivity contribution in [1.29, 1.82) is 0 Å². The molecule has 0 unspecified atom stereocenters. The van der Waals surface area contributed by atoms with Crippen molar-refractivity contribution >= 4 is 0 Å². The predicted molar refractivity (Wildman–Crippen MR) is 63.1 cm³/mol. The minimum absolute atomic E-state index is 0.425. The van der Waals surface area contributed by atoms with Crippen LogP contribution >= 0.6 is 0 Å². The zero-order valence-electron chi connectivity index (χ0n) is 9.73. The smallest absolute Gasteiger partial charge is 0.0771 e. The molecule has 1 heterocycles. The van der Waals surface area contributed by atoms with Gasteiger partial charge in [0.05, 0.1) is 5.60 Å². The Labute approximate surface area is 96.7 Å². The molecule has 0 amide bonds. The van der Waals surface area contributed by atoms with Gasteiger partial charge in [-0.25, -0.2) is 0 Å². The molecule has 2 rings (SSSR count). The summed E-state index contributed by atoms with van der Waals surface area (Å²) in [6.45, 7) is 2.63. The molecular weight excluding hydrogens is 202 g/mol. The largest absolute Gasteiger partial charge is 0.389 e. The minimum Gasteiger partial charge on any atom is -0.389 e. The van der Waals surface area contributed by atoms with Gasteiger partial charge in [-0.15, -0.1) is 0 Å². The van der Waals surface area contributed by atoms with Gasteiger partial charge in [0, 0.05) is 25.5 Å². The van der Waals surface area contributed by atoms with Gasteiger partial charge in [-0.05, 0) is 31.9 Å². The van der Waals surface area contributed by atoms with Crippen LogP contribution in [0.2, 0.25) is 0 Å². The van der Waals surface area contributed by atoms with Gasteiger partial charge < -0.3 is 10.4 Å². The van der Waals surface area contributed by atoms with E-state index < -0.39 is 5.60 Å². The Hall–Kier alpha value is -0.870. The number of nitrogens with zero attached hydrogens (tertiary/aromatic N) is 2. The average Bonchev–Trinajstić information content (AvgIpc) is 2.89. The van der Waals surface area contributed by atoms with Crippen molar-refractivity contribution in [2.75, 3.05) is 13.1 Å². The molecule has 1 aromatic rings. The van der Waals surface area contributed by atoms with E-state index in [2.05, 4.69) is 10.4 Å². The predicted octanol–water partition coefficient (Wildman–Crippen LogP) is 1.17. The topological polar surface area (TPSA) is 50.1 Å². The van der Waals surface area contributed by atoms with Crippen molar-refractivity contribution in [3.63, 3.8) is 0 Å². The zero-order chi connectivity index (χ0) is 11.3. The average molecular weight is 223 g/mol. The molecule has 1 aliphatic carbocycles. The zero-order valence-corrected chi connectivity index (χ0v) is 9.73. The Kier molecular flexibility index (Phi) is 3.96. The van der Waals surface area contributed by atoms with Crippen LogP contribution in [0.1, 0.15) is 32.1 Å². The summed E-state index contributed by atoms with van der Waals surface area (Å²) in [4.78, 5) is 0. The molecule has 4 nitrogen and oxygen atoms in total. The molecular formula is C12H21N3O. The molecule has 90 valence electrons. The lowest BCUT2D eigenvalue weighted by atomic mass is 10.0. The minimum atomic E-state index is -0.425. The second kappa shape index (κ2) is 5.46. The maximum absolute atomic E-state index is 10.1. The highest BCUT2D eigenvalue weighted by molar-refractivity contribution is 4.86. The standard InChI is InChI=1S/C12H21N3O/c16-12(5-1-2-6-12)11-13-7-3-9-15-10-4-8-14-15/h4,8,10,13,16H,1-3,5-7,9,11H2. The number of hydrogen-bond acceptors (Lipinski definition) is 3. The lowest BCUT2D eigenvalue weighted by molar-refractivity contribution is 0.0478. The normalized spacial score (nSPS) is 19.1. The van der Waals surface area contributed by atoms with Crippen molar-refractivity contribution in [3.8, 4) is 0 Å². The Balaban J connectivity index is 1.55. The number of aromatic nitrogens is 2. The SMILES string of the molecule is OC1(CNCCCn2cccn2)CCCC1. The van der Waals surface area contributed by atoms with Crippen LogP contribution in [-0.4, -0.2) is 33.6 Å². The molecule has 1 aliphatic rings. The van der Waals surface area contributed by atoms with E-state index in [1.165, 1.54) is 12.8 Å². The monoisotopic (exact) mass is 223 g/mol. The molecule has 0 saturated heterocycles. The number of hydrogen-bond donors (Lipinski definition) is 2. The first-order valence-electron chi connectivity index (χ1n) is 6.19. The number of aliphatic hydroxyl groups is 1. The molecule has 0 atom stereocenters. The molecule has 1 aromatic heterocycles. The van der Waals surface area contributed by atoms with Crippen molar-refractivity contribution in [1.82, 2.24) is 15.1 Å². The molecule has 0 aromatic carbocycles. The fraction of sp³-hybridized carbons (Fsp3) is 0.750. The van der Waals surface area contributed by atoms with Gasteiger partial charge in [-0.2, -0.15) is 5.10 Å². The summed E-state index contributed by atoms with van der Waals surface area (Å²) in [6.07, 6.45) is 9.09. The van der Waals surface area contributed by atoms with Crippen molar-refractivity contribution < 1.29 is 5.11 Å². The molecule has 2 N–H and O–H groups in total. The van der Waals surface area contributed by atoms with Crippen LogP contribution in [0.4, 0.5) is 0 Å². The van der Waals surface area contributed by atoms with E-state index >= 15 is 0 Å². The third-order valence-electron chi connectivity index (χ3n) is 3.29. The fourth-order valence-corrected chi connectivity index (χ4v) is 2.33. The molecule has 16 heavy (non-hydrogen) atoms. The fourth-order valence-electron chi connectivity index (χ4n) is 2.33. The van der Waals surface area contributed by atoms with Gasteiger partial charge in [0.2, 0.25) is 0 Å². The van der Waals surface area contributed by atoms with Crippen molar-refractivity contribution in [3.05, 3.63) is 18.5 Å². The van der Waals surface area contributed by atoms with Crippen molar-refractivity contribution in [2.45, 2.75) is 44.2 Å². The third kappa shape index (κ3) is 3.32. The third-order valence-corrected chi connectivity index (χ3v) is 3.29. The van der Waals surface area contributed by atoms with Crippen LogP contribution in [0.3, 0.4) is 0 Å². The maximum Gasteiger partial charge on any atom is 0.0771 e. The maximum atomic E-state index is 10.1. The van der Waals surface area contributed by atoms with Gasteiger partial charge in [-0.1, -0.05) is 12.8 Å². The van der Waals surface area contributed by atoms with E-state index in [0.29, 0.717) is 0 Å². The van der Waals surface area contributed by atoms with Crippen LogP contribution in [-0.2, 0) is 6.54 Å². The van der Waals surface area contributed by atoms with E-state index in [1.807, 2.05) is 16.9 Å². The molecule has 0 radical (unpaired) electrons.